The molecular formula is C25H41NO4. The standard InChI is InChI=1S/C25H41NO4/c1-15-9-10-20-21(26(15)24(29)30-25(2,3)4)13-16(14-23(20)28)17-11-12-22(27)19-8-6-5-7-18(17)19/h15-21,23,28H,5-14H2,1-4H3/t15-,16-,17-,18-,19+,20+,21+,23?/m0/s1. The van der Waals surface area contributed by atoms with E-state index in [2.05, 4.69) is 6.92 Å². The van der Waals surface area contributed by atoms with E-state index in [1.54, 1.807) is 0 Å². The number of fused-ring (bicyclic) bond motifs is 2. The monoisotopic (exact) mass is 419 g/mol. The third kappa shape index (κ3) is 4.28. The fraction of sp³-hybridized carbons (Fsp3) is 0.920. The van der Waals surface area contributed by atoms with Crippen LogP contribution in [0.2, 0.25) is 0 Å². The molecule has 0 spiro atoms. The number of carbonyl (C=O) groups is 2. The lowest BCUT2D eigenvalue weighted by Gasteiger charge is -2.53. The van der Waals surface area contributed by atoms with Crippen molar-refractivity contribution in [1.29, 1.82) is 0 Å². The third-order valence-electron chi connectivity index (χ3n) is 8.54. The van der Waals surface area contributed by atoms with Crippen LogP contribution in [0.15, 0.2) is 0 Å². The maximum absolute atomic E-state index is 13.1. The van der Waals surface area contributed by atoms with E-state index < -0.39 is 5.60 Å². The average Bonchev–Trinajstić information content (AvgIpc) is 2.66. The van der Waals surface area contributed by atoms with Crippen LogP contribution >= 0.6 is 0 Å². The highest BCUT2D eigenvalue weighted by atomic mass is 16.6. The van der Waals surface area contributed by atoms with Gasteiger partial charge < -0.3 is 14.7 Å². The first-order chi connectivity index (χ1) is 14.2. The van der Waals surface area contributed by atoms with E-state index >= 15 is 0 Å². The molecule has 5 nitrogen and oxygen atoms in total. The number of hydrogen-bond acceptors (Lipinski definition) is 4. The van der Waals surface area contributed by atoms with Gasteiger partial charge >= 0.3 is 6.09 Å². The second-order valence-corrected chi connectivity index (χ2v) is 11.6. The number of ketones is 1. The number of Topliss-reactive ketones (excluding diaryl/α,β-unsaturated/α-hetero) is 1. The van der Waals surface area contributed by atoms with Gasteiger partial charge in [0.2, 0.25) is 0 Å². The predicted molar refractivity (Wildman–Crippen MR) is 116 cm³/mol. The summed E-state index contributed by atoms with van der Waals surface area (Å²) >= 11 is 0. The first-order valence-electron chi connectivity index (χ1n) is 12.4. The minimum atomic E-state index is -0.518. The van der Waals surface area contributed by atoms with Gasteiger partial charge in [-0.05, 0) is 90.4 Å². The van der Waals surface area contributed by atoms with Crippen LogP contribution in [-0.2, 0) is 9.53 Å². The Bertz CT molecular complexity index is 656. The van der Waals surface area contributed by atoms with E-state index in [4.69, 9.17) is 4.74 Å². The number of likely N-dealkylation sites (tertiary alicyclic amines) is 1. The van der Waals surface area contributed by atoms with Gasteiger partial charge in [-0.25, -0.2) is 4.79 Å². The molecule has 4 rings (SSSR count). The number of aliphatic hydroxyl groups excluding tert-OH is 1. The molecule has 30 heavy (non-hydrogen) atoms. The Labute approximate surface area is 181 Å². The summed E-state index contributed by atoms with van der Waals surface area (Å²) < 4.78 is 5.77. The van der Waals surface area contributed by atoms with Crippen molar-refractivity contribution in [2.24, 2.45) is 29.6 Å². The van der Waals surface area contributed by atoms with Gasteiger partial charge in [0, 0.05) is 30.3 Å². The Balaban J connectivity index is 1.55. The Morgan fingerprint density at radius 1 is 1.00 bits per heavy atom. The molecule has 0 aromatic rings. The van der Waals surface area contributed by atoms with E-state index in [1.807, 2.05) is 25.7 Å². The Kier molecular flexibility index (Phi) is 6.22. The largest absolute Gasteiger partial charge is 0.444 e. The summed E-state index contributed by atoms with van der Waals surface area (Å²) in [7, 11) is 0. The fourth-order valence-electron chi connectivity index (χ4n) is 7.27. The number of aliphatic hydroxyl groups is 1. The van der Waals surface area contributed by atoms with E-state index in [-0.39, 0.29) is 36.1 Å². The summed E-state index contributed by atoms with van der Waals surface area (Å²) in [5.41, 5.74) is -0.518. The summed E-state index contributed by atoms with van der Waals surface area (Å²) in [5, 5.41) is 11.1. The fourth-order valence-corrected chi connectivity index (χ4v) is 7.27. The van der Waals surface area contributed by atoms with Gasteiger partial charge in [-0.15, -0.1) is 0 Å². The zero-order chi connectivity index (χ0) is 21.6. The van der Waals surface area contributed by atoms with Crippen molar-refractivity contribution in [3.05, 3.63) is 0 Å². The Hall–Kier alpha value is -1.10. The molecule has 1 heterocycles. The number of nitrogens with zero attached hydrogens (tertiary/aromatic N) is 1. The number of ether oxygens (including phenoxy) is 1. The quantitative estimate of drug-likeness (QED) is 0.653. The van der Waals surface area contributed by atoms with E-state index in [9.17, 15) is 14.7 Å². The molecule has 1 aliphatic heterocycles. The zero-order valence-electron chi connectivity index (χ0n) is 19.3. The molecule has 4 fully saturated rings. The van der Waals surface area contributed by atoms with Crippen LogP contribution in [0.4, 0.5) is 4.79 Å². The molecule has 4 aliphatic rings. The molecule has 3 aliphatic carbocycles. The maximum atomic E-state index is 13.1. The predicted octanol–water partition coefficient (Wildman–Crippen LogP) is 4.95. The molecule has 8 atom stereocenters. The molecule has 1 N–H and O–H groups in total. The molecule has 5 heteroatoms. The summed E-state index contributed by atoms with van der Waals surface area (Å²) in [5.74, 6) is 2.28. The molecule has 1 saturated heterocycles. The summed E-state index contributed by atoms with van der Waals surface area (Å²) in [6, 6.07) is 0.194. The third-order valence-corrected chi connectivity index (χ3v) is 8.54. The topological polar surface area (TPSA) is 66.8 Å². The molecule has 0 radical (unpaired) electrons. The highest BCUT2D eigenvalue weighted by Gasteiger charge is 2.51. The van der Waals surface area contributed by atoms with Crippen LogP contribution in [0.5, 0.6) is 0 Å². The van der Waals surface area contributed by atoms with Crippen molar-refractivity contribution in [1.82, 2.24) is 4.90 Å². The van der Waals surface area contributed by atoms with E-state index in [1.165, 1.54) is 12.8 Å². The molecule has 170 valence electrons. The van der Waals surface area contributed by atoms with Gasteiger partial charge in [0.25, 0.3) is 0 Å². The first-order valence-corrected chi connectivity index (χ1v) is 12.4. The molecule has 0 aromatic carbocycles. The number of hydrogen-bond donors (Lipinski definition) is 1. The summed E-state index contributed by atoms with van der Waals surface area (Å²) in [6.07, 6.45) is 9.41. The smallest absolute Gasteiger partial charge is 0.410 e. The number of amides is 1. The van der Waals surface area contributed by atoms with Gasteiger partial charge in [-0.2, -0.15) is 0 Å². The van der Waals surface area contributed by atoms with Gasteiger partial charge in [0.05, 0.1) is 6.10 Å². The number of piperidine rings is 1. The number of rotatable bonds is 1. The molecule has 3 saturated carbocycles. The van der Waals surface area contributed by atoms with Crippen molar-refractivity contribution in [3.8, 4) is 0 Å². The average molecular weight is 420 g/mol. The van der Waals surface area contributed by atoms with Gasteiger partial charge in [-0.3, -0.25) is 4.79 Å². The Morgan fingerprint density at radius 2 is 1.73 bits per heavy atom. The minimum absolute atomic E-state index is 0.0528. The molecule has 1 unspecified atom stereocenters. The Morgan fingerprint density at radius 3 is 2.47 bits per heavy atom. The lowest BCUT2D eigenvalue weighted by atomic mass is 9.57. The van der Waals surface area contributed by atoms with Gasteiger partial charge in [0.1, 0.15) is 11.4 Å². The van der Waals surface area contributed by atoms with Crippen LogP contribution in [0.3, 0.4) is 0 Å². The first kappa shape index (κ1) is 22.1. The van der Waals surface area contributed by atoms with Gasteiger partial charge in [-0.1, -0.05) is 12.8 Å². The minimum Gasteiger partial charge on any atom is -0.444 e. The van der Waals surface area contributed by atoms with Crippen molar-refractivity contribution in [2.75, 3.05) is 0 Å². The van der Waals surface area contributed by atoms with Crippen molar-refractivity contribution < 1.29 is 19.4 Å². The molecule has 0 bridgehead atoms. The van der Waals surface area contributed by atoms with Crippen molar-refractivity contribution >= 4 is 11.9 Å². The highest BCUT2D eigenvalue weighted by molar-refractivity contribution is 5.82. The normalized spacial score (nSPS) is 42.3. The van der Waals surface area contributed by atoms with Crippen molar-refractivity contribution in [2.45, 2.75) is 116 Å². The summed E-state index contributed by atoms with van der Waals surface area (Å²) in [6.45, 7) is 7.86. The molecular weight excluding hydrogens is 378 g/mol. The van der Waals surface area contributed by atoms with Crippen LogP contribution < -0.4 is 0 Å². The zero-order valence-corrected chi connectivity index (χ0v) is 19.3. The highest BCUT2D eigenvalue weighted by Crippen LogP contribution is 2.51. The SMILES string of the molecule is C[C@H]1CC[C@H]2C(O)C[C@@H]([C@@H]3CCC(=O)[C@@H]4CCCC[C@@H]34)C[C@H]2N1C(=O)OC(C)(C)C. The molecule has 1 amide bonds. The van der Waals surface area contributed by atoms with Gasteiger partial charge in [0.15, 0.2) is 0 Å². The van der Waals surface area contributed by atoms with Crippen LogP contribution in [0, 0.1) is 29.6 Å². The molecule has 0 aromatic heterocycles. The van der Waals surface area contributed by atoms with Crippen molar-refractivity contribution in [3.63, 3.8) is 0 Å². The van der Waals surface area contributed by atoms with Crippen LogP contribution in [0.1, 0.15) is 91.9 Å². The van der Waals surface area contributed by atoms with E-state index in [0.29, 0.717) is 30.0 Å². The second kappa shape index (κ2) is 8.44. The second-order valence-electron chi connectivity index (χ2n) is 11.6. The summed E-state index contributed by atoms with van der Waals surface area (Å²) in [4.78, 5) is 27.6. The number of carbonyl (C=O) groups excluding carboxylic acids is 2. The van der Waals surface area contributed by atoms with Crippen LogP contribution in [-0.4, -0.2) is 45.7 Å². The van der Waals surface area contributed by atoms with Crippen LogP contribution in [0.25, 0.3) is 0 Å². The van der Waals surface area contributed by atoms with E-state index in [0.717, 1.165) is 44.9 Å². The maximum Gasteiger partial charge on any atom is 0.410 e. The lowest BCUT2D eigenvalue weighted by Crippen LogP contribution is -2.60. The lowest BCUT2D eigenvalue weighted by molar-refractivity contribution is -0.133.